The van der Waals surface area contributed by atoms with Crippen LogP contribution in [0.25, 0.3) is 10.9 Å². The molecule has 0 spiro atoms. The molecular formula is C26H29ClN8O2. The molecule has 1 aromatic carbocycles. The number of aryl methyl sites for hydroxylation is 1. The maximum absolute atomic E-state index is 12.7. The molecule has 0 saturated carbocycles. The molecule has 0 aliphatic carbocycles. The Morgan fingerprint density at radius 1 is 1.11 bits per heavy atom. The smallest absolute Gasteiger partial charge is 0.252 e. The maximum Gasteiger partial charge on any atom is 0.252 e. The molecule has 37 heavy (non-hydrogen) atoms. The Bertz CT molecular complexity index is 1470. The summed E-state index contributed by atoms with van der Waals surface area (Å²) in [6, 6.07) is 8.91. The van der Waals surface area contributed by atoms with Gasteiger partial charge in [-0.25, -0.2) is 15.0 Å². The normalized spacial score (nSPS) is 18.6. The number of ether oxygens (including phenoxy) is 1. The molecule has 5 rings (SSSR count). The van der Waals surface area contributed by atoms with Crippen LogP contribution in [0.2, 0.25) is 5.02 Å². The van der Waals surface area contributed by atoms with E-state index in [4.69, 9.17) is 21.3 Å². The quantitative estimate of drug-likeness (QED) is 0.384. The van der Waals surface area contributed by atoms with E-state index < -0.39 is 0 Å². The molecule has 10 nitrogen and oxygen atoms in total. The molecule has 1 saturated heterocycles. The monoisotopic (exact) mass is 520 g/mol. The molecule has 0 amide bonds. The van der Waals surface area contributed by atoms with E-state index in [0.29, 0.717) is 41.4 Å². The zero-order valence-electron chi connectivity index (χ0n) is 21.1. The SMILES string of the molecule is CC(Nc1cc(=O)n(C)c2ccc(Nc3nc(N4C[C@@H](C)O[C@@H](C)C4)ncc3Cl)cc12)c1ncccn1. The van der Waals surface area contributed by atoms with Gasteiger partial charge in [-0.2, -0.15) is 4.98 Å². The number of anilines is 4. The number of nitrogens with one attached hydrogen (secondary N) is 2. The minimum Gasteiger partial charge on any atom is -0.375 e. The topological polar surface area (TPSA) is 110 Å². The molecule has 0 radical (unpaired) electrons. The third kappa shape index (κ3) is 5.35. The van der Waals surface area contributed by atoms with Crippen LogP contribution in [0.1, 0.15) is 32.6 Å². The first kappa shape index (κ1) is 24.9. The minimum atomic E-state index is -0.203. The molecule has 1 fully saturated rings. The summed E-state index contributed by atoms with van der Waals surface area (Å²) in [5.41, 5.74) is 2.13. The Labute approximate surface area is 219 Å². The summed E-state index contributed by atoms with van der Waals surface area (Å²) >= 11 is 6.47. The highest BCUT2D eigenvalue weighted by molar-refractivity contribution is 6.32. The van der Waals surface area contributed by atoms with E-state index in [1.54, 1.807) is 42.3 Å². The molecule has 1 aliphatic heterocycles. The van der Waals surface area contributed by atoms with Crippen LogP contribution < -0.4 is 21.1 Å². The fourth-order valence-electron chi connectivity index (χ4n) is 4.57. The molecule has 192 valence electrons. The van der Waals surface area contributed by atoms with Gasteiger partial charge in [0.1, 0.15) is 10.8 Å². The van der Waals surface area contributed by atoms with E-state index in [1.165, 1.54) is 0 Å². The van der Waals surface area contributed by atoms with Crippen LogP contribution in [0.4, 0.5) is 23.1 Å². The van der Waals surface area contributed by atoms with Crippen LogP contribution in [-0.2, 0) is 11.8 Å². The Hall–Kier alpha value is -3.76. The second-order valence-corrected chi connectivity index (χ2v) is 9.72. The Kier molecular flexibility index (Phi) is 6.94. The van der Waals surface area contributed by atoms with Crippen molar-refractivity contribution in [2.45, 2.75) is 39.0 Å². The number of hydrogen-bond donors (Lipinski definition) is 2. The van der Waals surface area contributed by atoms with Crippen LogP contribution in [0.15, 0.2) is 53.7 Å². The average molecular weight is 521 g/mol. The van der Waals surface area contributed by atoms with Crippen molar-refractivity contribution >= 4 is 45.6 Å². The van der Waals surface area contributed by atoms with Gasteiger partial charge in [0, 0.05) is 55.4 Å². The van der Waals surface area contributed by atoms with Crippen molar-refractivity contribution in [3.05, 3.63) is 70.1 Å². The van der Waals surface area contributed by atoms with Gasteiger partial charge in [0.15, 0.2) is 5.82 Å². The number of aromatic nitrogens is 5. The van der Waals surface area contributed by atoms with Gasteiger partial charge in [-0.15, -0.1) is 0 Å². The van der Waals surface area contributed by atoms with Crippen LogP contribution in [-0.4, -0.2) is 49.8 Å². The molecular weight excluding hydrogens is 492 g/mol. The van der Waals surface area contributed by atoms with Gasteiger partial charge < -0.3 is 24.8 Å². The van der Waals surface area contributed by atoms with E-state index in [-0.39, 0.29) is 23.8 Å². The Morgan fingerprint density at radius 2 is 1.84 bits per heavy atom. The predicted molar refractivity (Wildman–Crippen MR) is 146 cm³/mol. The first-order chi connectivity index (χ1) is 17.8. The summed E-state index contributed by atoms with van der Waals surface area (Å²) in [5.74, 6) is 1.73. The zero-order chi connectivity index (χ0) is 26.1. The fraction of sp³-hybridized carbons (Fsp3) is 0.346. The standard InChI is InChI=1S/C26H29ClN8O2/c1-15-13-35(14-16(2)37-15)26-30-12-20(27)25(33-26)32-18-6-7-22-19(10-18)21(11-23(36)34(22)4)31-17(3)24-28-8-5-9-29-24/h5-12,15-17,31H,13-14H2,1-4H3,(H,30,32,33)/t15-,16+,17?. The van der Waals surface area contributed by atoms with Crippen molar-refractivity contribution in [2.75, 3.05) is 28.6 Å². The van der Waals surface area contributed by atoms with E-state index in [0.717, 1.165) is 16.6 Å². The zero-order valence-corrected chi connectivity index (χ0v) is 21.9. The lowest BCUT2D eigenvalue weighted by molar-refractivity contribution is -0.00571. The molecule has 0 bridgehead atoms. The minimum absolute atomic E-state index is 0.0844. The van der Waals surface area contributed by atoms with E-state index >= 15 is 0 Å². The second-order valence-electron chi connectivity index (χ2n) is 9.31. The fourth-order valence-corrected chi connectivity index (χ4v) is 4.70. The third-order valence-corrected chi connectivity index (χ3v) is 6.56. The van der Waals surface area contributed by atoms with Gasteiger partial charge in [0.2, 0.25) is 5.95 Å². The van der Waals surface area contributed by atoms with Crippen molar-refractivity contribution in [3.63, 3.8) is 0 Å². The van der Waals surface area contributed by atoms with Crippen molar-refractivity contribution in [3.8, 4) is 0 Å². The molecule has 1 unspecified atom stereocenters. The van der Waals surface area contributed by atoms with Crippen LogP contribution in [0.3, 0.4) is 0 Å². The summed E-state index contributed by atoms with van der Waals surface area (Å²) in [4.78, 5) is 32.6. The highest BCUT2D eigenvalue weighted by atomic mass is 35.5. The van der Waals surface area contributed by atoms with Gasteiger partial charge in [0.05, 0.1) is 30.0 Å². The lowest BCUT2D eigenvalue weighted by Crippen LogP contribution is -2.46. The van der Waals surface area contributed by atoms with Gasteiger partial charge >= 0.3 is 0 Å². The van der Waals surface area contributed by atoms with Crippen molar-refractivity contribution in [1.29, 1.82) is 0 Å². The number of pyridine rings is 1. The van der Waals surface area contributed by atoms with Crippen molar-refractivity contribution in [2.24, 2.45) is 7.05 Å². The van der Waals surface area contributed by atoms with Crippen molar-refractivity contribution < 1.29 is 4.74 Å². The molecule has 4 aromatic rings. The third-order valence-electron chi connectivity index (χ3n) is 6.29. The first-order valence-corrected chi connectivity index (χ1v) is 12.5. The van der Waals surface area contributed by atoms with Crippen LogP contribution in [0, 0.1) is 0 Å². The lowest BCUT2D eigenvalue weighted by Gasteiger charge is -2.35. The van der Waals surface area contributed by atoms with Crippen LogP contribution in [0.5, 0.6) is 0 Å². The molecule has 2 N–H and O–H groups in total. The summed E-state index contributed by atoms with van der Waals surface area (Å²) in [7, 11) is 1.75. The Morgan fingerprint density at radius 3 is 2.57 bits per heavy atom. The summed E-state index contributed by atoms with van der Waals surface area (Å²) in [6.07, 6.45) is 5.17. The largest absolute Gasteiger partial charge is 0.375 e. The number of halogens is 1. The maximum atomic E-state index is 12.7. The number of hydrogen-bond acceptors (Lipinski definition) is 9. The van der Waals surface area contributed by atoms with Gasteiger partial charge in [-0.1, -0.05) is 11.6 Å². The van der Waals surface area contributed by atoms with Crippen LogP contribution >= 0.6 is 11.6 Å². The van der Waals surface area contributed by atoms with Crippen molar-refractivity contribution in [1.82, 2.24) is 24.5 Å². The predicted octanol–water partition coefficient (Wildman–Crippen LogP) is 4.30. The van der Waals surface area contributed by atoms with E-state index in [9.17, 15) is 4.79 Å². The lowest BCUT2D eigenvalue weighted by atomic mass is 10.1. The second kappa shape index (κ2) is 10.3. The molecule has 3 aromatic heterocycles. The number of fused-ring (bicyclic) bond motifs is 1. The first-order valence-electron chi connectivity index (χ1n) is 12.2. The summed E-state index contributed by atoms with van der Waals surface area (Å²) in [5, 5.41) is 7.99. The molecule has 1 aliphatic rings. The number of morpholine rings is 1. The number of nitrogens with zero attached hydrogens (tertiary/aromatic N) is 6. The van der Waals surface area contributed by atoms with E-state index in [1.807, 2.05) is 39.0 Å². The highest BCUT2D eigenvalue weighted by Gasteiger charge is 2.24. The number of rotatable bonds is 6. The van der Waals surface area contributed by atoms with Gasteiger partial charge in [-0.05, 0) is 45.0 Å². The van der Waals surface area contributed by atoms with Gasteiger partial charge in [-0.3, -0.25) is 4.79 Å². The number of benzene rings is 1. The molecule has 3 atom stereocenters. The average Bonchev–Trinajstić information content (AvgIpc) is 2.88. The Balaban J connectivity index is 1.47. The molecule has 11 heteroatoms. The highest BCUT2D eigenvalue weighted by Crippen LogP contribution is 2.31. The summed E-state index contributed by atoms with van der Waals surface area (Å²) < 4.78 is 7.45. The molecule has 4 heterocycles. The van der Waals surface area contributed by atoms with Gasteiger partial charge in [0.25, 0.3) is 5.56 Å². The summed E-state index contributed by atoms with van der Waals surface area (Å²) in [6.45, 7) is 7.44. The van der Waals surface area contributed by atoms with E-state index in [2.05, 4.69) is 30.5 Å².